The molecule has 0 amide bonds. The Morgan fingerprint density at radius 2 is 2.09 bits per heavy atom. The first-order valence-corrected chi connectivity index (χ1v) is 8.09. The zero-order chi connectivity index (χ0) is 16.0. The third kappa shape index (κ3) is 2.46. The van der Waals surface area contributed by atoms with Gasteiger partial charge in [-0.05, 0) is 18.2 Å². The van der Waals surface area contributed by atoms with Crippen molar-refractivity contribution in [3.05, 3.63) is 75.1 Å². The van der Waals surface area contributed by atoms with Gasteiger partial charge in [-0.15, -0.1) is 0 Å². The van der Waals surface area contributed by atoms with Crippen molar-refractivity contribution in [3.63, 3.8) is 0 Å². The number of nitrogens with zero attached hydrogens (tertiary/aromatic N) is 3. The highest BCUT2D eigenvalue weighted by molar-refractivity contribution is 7.23. The second kappa shape index (κ2) is 5.33. The van der Waals surface area contributed by atoms with Crippen LogP contribution in [0.3, 0.4) is 0 Å². The molecule has 0 N–H and O–H groups in total. The van der Waals surface area contributed by atoms with Gasteiger partial charge in [-0.1, -0.05) is 41.1 Å². The summed E-state index contributed by atoms with van der Waals surface area (Å²) < 4.78 is 3.19. The molecule has 5 nitrogen and oxygen atoms in total. The average molecular weight is 344 g/mol. The number of imidazole rings is 1. The van der Waals surface area contributed by atoms with Crippen LogP contribution in [0.2, 0.25) is 5.02 Å². The monoisotopic (exact) mass is 343 g/mol. The number of hydrogen-bond donors (Lipinski definition) is 0. The number of thiazole rings is 1. The lowest BCUT2D eigenvalue weighted by atomic mass is 10.1. The van der Waals surface area contributed by atoms with Gasteiger partial charge in [0.05, 0.1) is 20.8 Å². The fourth-order valence-corrected chi connectivity index (χ4v) is 3.82. The predicted molar refractivity (Wildman–Crippen MR) is 91.5 cm³/mol. The summed E-state index contributed by atoms with van der Waals surface area (Å²) in [7, 11) is 0. The fraction of sp³-hybridized carbons (Fsp3) is 0.0625. The van der Waals surface area contributed by atoms with Crippen molar-refractivity contribution in [2.45, 2.75) is 6.42 Å². The normalized spacial score (nSPS) is 11.3. The van der Waals surface area contributed by atoms with Crippen LogP contribution < -0.4 is 0 Å². The Hall–Kier alpha value is -2.44. The fourth-order valence-electron chi connectivity index (χ4n) is 2.63. The van der Waals surface area contributed by atoms with Gasteiger partial charge < -0.3 is 0 Å². The van der Waals surface area contributed by atoms with Crippen molar-refractivity contribution in [1.82, 2.24) is 9.38 Å². The Balaban J connectivity index is 1.77. The van der Waals surface area contributed by atoms with Crippen LogP contribution in [0.5, 0.6) is 0 Å². The molecule has 0 radical (unpaired) electrons. The lowest BCUT2D eigenvalue weighted by molar-refractivity contribution is -0.385. The Morgan fingerprint density at radius 1 is 1.26 bits per heavy atom. The highest BCUT2D eigenvalue weighted by atomic mass is 35.5. The van der Waals surface area contributed by atoms with Crippen molar-refractivity contribution in [1.29, 1.82) is 0 Å². The van der Waals surface area contributed by atoms with E-state index >= 15 is 0 Å². The first-order chi connectivity index (χ1) is 11.1. The van der Waals surface area contributed by atoms with Crippen LogP contribution >= 0.6 is 22.9 Å². The maximum atomic E-state index is 11.2. The molecule has 0 aliphatic rings. The molecule has 0 atom stereocenters. The van der Waals surface area contributed by atoms with E-state index in [0.717, 1.165) is 16.2 Å². The van der Waals surface area contributed by atoms with Crippen molar-refractivity contribution < 1.29 is 4.92 Å². The quantitative estimate of drug-likeness (QED) is 0.400. The van der Waals surface area contributed by atoms with E-state index in [1.807, 2.05) is 28.8 Å². The van der Waals surface area contributed by atoms with E-state index in [-0.39, 0.29) is 5.69 Å². The average Bonchev–Trinajstić information content (AvgIpc) is 3.06. The van der Waals surface area contributed by atoms with Crippen molar-refractivity contribution in [2.75, 3.05) is 0 Å². The molecule has 2 heterocycles. The molecule has 2 aromatic carbocycles. The third-order valence-electron chi connectivity index (χ3n) is 3.67. The van der Waals surface area contributed by atoms with E-state index in [1.165, 1.54) is 10.8 Å². The second-order valence-electron chi connectivity index (χ2n) is 5.16. The summed E-state index contributed by atoms with van der Waals surface area (Å²) in [5.74, 6) is 0. The molecule has 0 bridgehead atoms. The Morgan fingerprint density at radius 3 is 2.91 bits per heavy atom. The number of nitro groups is 1. The van der Waals surface area contributed by atoms with Gasteiger partial charge in [-0.3, -0.25) is 14.5 Å². The Bertz CT molecular complexity index is 1050. The van der Waals surface area contributed by atoms with E-state index < -0.39 is 4.92 Å². The minimum Gasteiger partial charge on any atom is -0.290 e. The van der Waals surface area contributed by atoms with Gasteiger partial charge in [-0.25, -0.2) is 4.98 Å². The summed E-state index contributed by atoms with van der Waals surface area (Å²) in [5.41, 5.74) is 2.53. The molecule has 2 aromatic heterocycles. The van der Waals surface area contributed by atoms with Gasteiger partial charge in [0, 0.05) is 29.3 Å². The number of rotatable bonds is 3. The summed E-state index contributed by atoms with van der Waals surface area (Å²) in [5, 5.41) is 11.5. The van der Waals surface area contributed by atoms with Crippen LogP contribution in [-0.4, -0.2) is 14.3 Å². The van der Waals surface area contributed by atoms with Crippen molar-refractivity contribution in [3.8, 4) is 0 Å². The zero-order valence-electron chi connectivity index (χ0n) is 11.8. The molecule has 0 aliphatic carbocycles. The highest BCUT2D eigenvalue weighted by Gasteiger charge is 2.16. The molecule has 0 fully saturated rings. The molecule has 4 rings (SSSR count). The van der Waals surface area contributed by atoms with E-state index in [0.29, 0.717) is 17.0 Å². The standard InChI is InChI=1S/C16H10ClN3O2S/c17-11-6-5-10(14(8-11)20(21)22)7-12-9-19-13-3-1-2-4-15(13)23-16(19)18-12/h1-6,8-9H,7H2. The minimum absolute atomic E-state index is 0.0266. The summed E-state index contributed by atoms with van der Waals surface area (Å²) in [6.45, 7) is 0. The van der Waals surface area contributed by atoms with Crippen LogP contribution in [0.25, 0.3) is 15.2 Å². The second-order valence-corrected chi connectivity index (χ2v) is 6.61. The smallest absolute Gasteiger partial charge is 0.274 e. The number of halogens is 1. The summed E-state index contributed by atoms with van der Waals surface area (Å²) in [6.07, 6.45) is 2.34. The Kier molecular flexibility index (Phi) is 3.28. The van der Waals surface area contributed by atoms with Crippen LogP contribution in [0.15, 0.2) is 48.7 Å². The van der Waals surface area contributed by atoms with Gasteiger partial charge in [0.2, 0.25) is 0 Å². The number of fused-ring (bicyclic) bond motifs is 3. The van der Waals surface area contributed by atoms with Gasteiger partial charge in [0.25, 0.3) is 5.69 Å². The molecule has 23 heavy (non-hydrogen) atoms. The molecule has 0 aliphatic heterocycles. The molecule has 114 valence electrons. The van der Waals surface area contributed by atoms with Gasteiger partial charge in [-0.2, -0.15) is 0 Å². The summed E-state index contributed by atoms with van der Waals surface area (Å²) >= 11 is 7.46. The van der Waals surface area contributed by atoms with Crippen molar-refractivity contribution in [2.24, 2.45) is 0 Å². The van der Waals surface area contributed by atoms with Crippen LogP contribution in [-0.2, 0) is 6.42 Å². The maximum Gasteiger partial charge on any atom is 0.274 e. The summed E-state index contributed by atoms with van der Waals surface area (Å²) in [6, 6.07) is 12.8. The van der Waals surface area contributed by atoms with Gasteiger partial charge in [0.15, 0.2) is 4.96 Å². The van der Waals surface area contributed by atoms with E-state index in [9.17, 15) is 10.1 Å². The van der Waals surface area contributed by atoms with Gasteiger partial charge in [0.1, 0.15) is 0 Å². The van der Waals surface area contributed by atoms with Crippen LogP contribution in [0, 0.1) is 10.1 Å². The predicted octanol–water partition coefficient (Wildman–Crippen LogP) is 4.70. The minimum atomic E-state index is -0.408. The molecule has 0 saturated carbocycles. The first-order valence-electron chi connectivity index (χ1n) is 6.90. The van der Waals surface area contributed by atoms with Crippen LogP contribution in [0.4, 0.5) is 5.69 Å². The number of benzene rings is 2. The molecular weight excluding hydrogens is 334 g/mol. The first kappa shape index (κ1) is 14.2. The zero-order valence-corrected chi connectivity index (χ0v) is 13.3. The van der Waals surface area contributed by atoms with E-state index in [1.54, 1.807) is 23.5 Å². The number of hydrogen-bond acceptors (Lipinski definition) is 4. The summed E-state index contributed by atoms with van der Waals surface area (Å²) in [4.78, 5) is 16.3. The number of aromatic nitrogens is 2. The van der Waals surface area contributed by atoms with E-state index in [2.05, 4.69) is 11.1 Å². The number of para-hydroxylation sites is 1. The molecular formula is C16H10ClN3O2S. The SMILES string of the molecule is O=[N+]([O-])c1cc(Cl)ccc1Cc1cn2c(n1)sc1ccccc12. The Labute approximate surface area is 139 Å². The molecule has 0 spiro atoms. The largest absolute Gasteiger partial charge is 0.290 e. The number of nitro benzene ring substituents is 1. The lowest BCUT2D eigenvalue weighted by Gasteiger charge is -2.01. The van der Waals surface area contributed by atoms with Crippen LogP contribution in [0.1, 0.15) is 11.3 Å². The molecule has 0 unspecified atom stereocenters. The molecule has 0 saturated heterocycles. The third-order valence-corrected chi connectivity index (χ3v) is 4.94. The van der Waals surface area contributed by atoms with E-state index in [4.69, 9.17) is 11.6 Å². The topological polar surface area (TPSA) is 60.4 Å². The highest BCUT2D eigenvalue weighted by Crippen LogP contribution is 2.29. The van der Waals surface area contributed by atoms with Gasteiger partial charge >= 0.3 is 0 Å². The maximum absolute atomic E-state index is 11.2. The molecule has 7 heteroatoms. The lowest BCUT2D eigenvalue weighted by Crippen LogP contribution is -1.97. The molecule has 4 aromatic rings. The van der Waals surface area contributed by atoms with Crippen molar-refractivity contribution >= 4 is 43.8 Å².